The fourth-order valence-corrected chi connectivity index (χ4v) is 3.07. The molecule has 9 nitrogen and oxygen atoms in total. The molecule has 0 spiro atoms. The van der Waals surface area contributed by atoms with E-state index in [2.05, 4.69) is 20.2 Å². The maximum atomic E-state index is 12.7. The Kier molecular flexibility index (Phi) is 5.16. The molecule has 1 aromatic carbocycles. The van der Waals surface area contributed by atoms with Crippen molar-refractivity contribution in [3.63, 3.8) is 0 Å². The summed E-state index contributed by atoms with van der Waals surface area (Å²) in [6.45, 7) is 2.93. The van der Waals surface area contributed by atoms with E-state index >= 15 is 0 Å². The molecule has 0 radical (unpaired) electrons. The SMILES string of the molecule is CN(C)c1nc(N2CCOCC2)ncc1NC(=O)C1COc2ccccc2O1. The van der Waals surface area contributed by atoms with E-state index < -0.39 is 6.10 Å². The van der Waals surface area contributed by atoms with Gasteiger partial charge in [-0.25, -0.2) is 4.98 Å². The Morgan fingerprint density at radius 2 is 1.96 bits per heavy atom. The van der Waals surface area contributed by atoms with Crippen LogP contribution >= 0.6 is 0 Å². The molecular formula is C19H23N5O4. The van der Waals surface area contributed by atoms with Crippen LogP contribution in [0.4, 0.5) is 17.5 Å². The lowest BCUT2D eigenvalue weighted by Gasteiger charge is -2.28. The quantitative estimate of drug-likeness (QED) is 0.839. The molecule has 0 saturated carbocycles. The van der Waals surface area contributed by atoms with Crippen LogP contribution in [-0.2, 0) is 9.53 Å². The standard InChI is InChI=1S/C19H23N5O4/c1-23(2)17-13(11-20-19(22-17)24-7-9-26-10-8-24)21-18(25)16-12-27-14-5-3-4-6-15(14)28-16/h3-6,11,16H,7-10,12H2,1-2H3,(H,21,25). The summed E-state index contributed by atoms with van der Waals surface area (Å²) in [5, 5.41) is 2.87. The zero-order valence-corrected chi connectivity index (χ0v) is 15.9. The molecule has 1 amide bonds. The van der Waals surface area contributed by atoms with Crippen LogP contribution in [0.3, 0.4) is 0 Å². The molecule has 3 heterocycles. The third kappa shape index (κ3) is 3.79. The summed E-state index contributed by atoms with van der Waals surface area (Å²) in [5.41, 5.74) is 0.523. The van der Waals surface area contributed by atoms with Crippen molar-refractivity contribution < 1.29 is 19.0 Å². The second kappa shape index (κ2) is 7.89. The molecule has 28 heavy (non-hydrogen) atoms. The zero-order chi connectivity index (χ0) is 19.5. The highest BCUT2D eigenvalue weighted by atomic mass is 16.6. The first-order valence-corrected chi connectivity index (χ1v) is 9.18. The summed E-state index contributed by atoms with van der Waals surface area (Å²) in [6, 6.07) is 7.29. The number of aromatic nitrogens is 2. The largest absolute Gasteiger partial charge is 0.485 e. The Bertz CT molecular complexity index is 854. The van der Waals surface area contributed by atoms with Crippen molar-refractivity contribution in [2.24, 2.45) is 0 Å². The van der Waals surface area contributed by atoms with Gasteiger partial charge in [0.1, 0.15) is 12.3 Å². The normalized spacial score (nSPS) is 18.5. The first kappa shape index (κ1) is 18.3. The fraction of sp³-hybridized carbons (Fsp3) is 0.421. The third-order valence-electron chi connectivity index (χ3n) is 4.53. The zero-order valence-electron chi connectivity index (χ0n) is 15.9. The highest BCUT2D eigenvalue weighted by molar-refractivity contribution is 5.97. The Labute approximate surface area is 163 Å². The van der Waals surface area contributed by atoms with Crippen LogP contribution in [0.1, 0.15) is 0 Å². The van der Waals surface area contributed by atoms with Gasteiger partial charge in [-0.1, -0.05) is 12.1 Å². The molecule has 2 aromatic rings. The number of rotatable bonds is 4. The summed E-state index contributed by atoms with van der Waals surface area (Å²) < 4.78 is 16.8. The Balaban J connectivity index is 1.50. The Hall–Kier alpha value is -3.07. The smallest absolute Gasteiger partial charge is 0.269 e. The Morgan fingerprint density at radius 1 is 1.21 bits per heavy atom. The van der Waals surface area contributed by atoms with Gasteiger partial charge in [-0.3, -0.25) is 4.79 Å². The molecular weight excluding hydrogens is 362 g/mol. The average molecular weight is 385 g/mol. The van der Waals surface area contributed by atoms with E-state index in [1.54, 1.807) is 12.3 Å². The second-order valence-electron chi connectivity index (χ2n) is 6.75. The van der Waals surface area contributed by atoms with Crippen LogP contribution in [0.5, 0.6) is 11.5 Å². The van der Waals surface area contributed by atoms with E-state index in [1.165, 1.54) is 0 Å². The highest BCUT2D eigenvalue weighted by Crippen LogP contribution is 2.31. The number of benzene rings is 1. The molecule has 1 saturated heterocycles. The van der Waals surface area contributed by atoms with Gasteiger partial charge >= 0.3 is 0 Å². The first-order chi connectivity index (χ1) is 13.6. The molecule has 2 aliphatic heterocycles. The minimum Gasteiger partial charge on any atom is -0.485 e. The minimum absolute atomic E-state index is 0.146. The fourth-order valence-electron chi connectivity index (χ4n) is 3.07. The minimum atomic E-state index is -0.746. The van der Waals surface area contributed by atoms with Crippen molar-refractivity contribution in [1.82, 2.24) is 9.97 Å². The lowest BCUT2D eigenvalue weighted by atomic mass is 10.2. The molecule has 9 heteroatoms. The van der Waals surface area contributed by atoms with Crippen LogP contribution in [0.25, 0.3) is 0 Å². The average Bonchev–Trinajstić information content (AvgIpc) is 2.74. The lowest BCUT2D eigenvalue weighted by molar-refractivity contribution is -0.125. The number of nitrogens with one attached hydrogen (secondary N) is 1. The van der Waals surface area contributed by atoms with Crippen molar-refractivity contribution in [2.45, 2.75) is 6.10 Å². The number of fused-ring (bicyclic) bond motifs is 1. The molecule has 1 fully saturated rings. The number of anilines is 3. The molecule has 148 valence electrons. The van der Waals surface area contributed by atoms with Gasteiger partial charge in [0.2, 0.25) is 12.1 Å². The molecule has 1 aromatic heterocycles. The van der Waals surface area contributed by atoms with Crippen molar-refractivity contribution in [2.75, 3.05) is 62.1 Å². The van der Waals surface area contributed by atoms with Crippen molar-refractivity contribution in [1.29, 1.82) is 0 Å². The van der Waals surface area contributed by atoms with E-state index in [0.717, 1.165) is 13.1 Å². The maximum Gasteiger partial charge on any atom is 0.269 e. The molecule has 2 aliphatic rings. The van der Waals surface area contributed by atoms with Crippen LogP contribution < -0.4 is 24.6 Å². The number of hydrogen-bond acceptors (Lipinski definition) is 8. The van der Waals surface area contributed by atoms with E-state index in [9.17, 15) is 4.79 Å². The van der Waals surface area contributed by atoms with Gasteiger partial charge in [0.05, 0.1) is 19.4 Å². The number of morpholine rings is 1. The summed E-state index contributed by atoms with van der Waals surface area (Å²) in [6.07, 6.45) is 0.881. The van der Waals surface area contributed by atoms with E-state index in [4.69, 9.17) is 14.2 Å². The molecule has 1 atom stereocenters. The predicted molar refractivity (Wildman–Crippen MR) is 104 cm³/mol. The van der Waals surface area contributed by atoms with E-state index in [1.807, 2.05) is 37.2 Å². The Morgan fingerprint density at radius 3 is 2.71 bits per heavy atom. The number of para-hydroxylation sites is 2. The van der Waals surface area contributed by atoms with Crippen LogP contribution in [-0.4, -0.2) is 69.0 Å². The van der Waals surface area contributed by atoms with Gasteiger partial charge in [-0.2, -0.15) is 4.98 Å². The first-order valence-electron chi connectivity index (χ1n) is 9.18. The molecule has 1 N–H and O–H groups in total. The predicted octanol–water partition coefficient (Wildman–Crippen LogP) is 1.16. The summed E-state index contributed by atoms with van der Waals surface area (Å²) in [7, 11) is 3.75. The summed E-state index contributed by atoms with van der Waals surface area (Å²) in [4.78, 5) is 25.7. The summed E-state index contributed by atoms with van der Waals surface area (Å²) in [5.74, 6) is 2.14. The number of amides is 1. The monoisotopic (exact) mass is 385 g/mol. The number of hydrogen-bond donors (Lipinski definition) is 1. The lowest BCUT2D eigenvalue weighted by Crippen LogP contribution is -2.40. The van der Waals surface area contributed by atoms with Crippen LogP contribution in [0.15, 0.2) is 30.5 Å². The second-order valence-corrected chi connectivity index (χ2v) is 6.75. The molecule has 0 bridgehead atoms. The van der Waals surface area contributed by atoms with Gasteiger partial charge in [-0.15, -0.1) is 0 Å². The van der Waals surface area contributed by atoms with Gasteiger partial charge in [0.15, 0.2) is 17.3 Å². The highest BCUT2D eigenvalue weighted by Gasteiger charge is 2.28. The van der Waals surface area contributed by atoms with Gasteiger partial charge in [0.25, 0.3) is 5.91 Å². The topological polar surface area (TPSA) is 89.1 Å². The molecule has 0 aliphatic carbocycles. The van der Waals surface area contributed by atoms with E-state index in [0.29, 0.717) is 42.2 Å². The molecule has 4 rings (SSSR count). The number of carbonyl (C=O) groups is 1. The number of ether oxygens (including phenoxy) is 3. The summed E-state index contributed by atoms with van der Waals surface area (Å²) >= 11 is 0. The number of carbonyl (C=O) groups excluding carboxylic acids is 1. The van der Waals surface area contributed by atoms with Crippen LogP contribution in [0, 0.1) is 0 Å². The third-order valence-corrected chi connectivity index (χ3v) is 4.53. The van der Waals surface area contributed by atoms with Gasteiger partial charge < -0.3 is 29.3 Å². The molecule has 1 unspecified atom stereocenters. The van der Waals surface area contributed by atoms with Crippen LogP contribution in [0.2, 0.25) is 0 Å². The van der Waals surface area contributed by atoms with E-state index in [-0.39, 0.29) is 12.5 Å². The van der Waals surface area contributed by atoms with Crippen molar-refractivity contribution >= 4 is 23.4 Å². The van der Waals surface area contributed by atoms with Gasteiger partial charge in [0, 0.05) is 27.2 Å². The van der Waals surface area contributed by atoms with Gasteiger partial charge in [-0.05, 0) is 12.1 Å². The number of nitrogens with zero attached hydrogens (tertiary/aromatic N) is 4. The van der Waals surface area contributed by atoms with Crippen molar-refractivity contribution in [3.8, 4) is 11.5 Å². The van der Waals surface area contributed by atoms with Crippen molar-refractivity contribution in [3.05, 3.63) is 30.5 Å². The maximum absolute atomic E-state index is 12.7.